The van der Waals surface area contributed by atoms with Crippen molar-refractivity contribution >= 4 is 5.78 Å². The van der Waals surface area contributed by atoms with Gasteiger partial charge in [-0.05, 0) is 34.1 Å². The molecule has 1 atom stereocenters. The summed E-state index contributed by atoms with van der Waals surface area (Å²) in [6.45, 7) is 16.6. The largest absolute Gasteiger partial charge is 0.300 e. The summed E-state index contributed by atoms with van der Waals surface area (Å²) in [4.78, 5) is 12.6. The molecule has 2 nitrogen and oxygen atoms in total. The van der Waals surface area contributed by atoms with Crippen LogP contribution in [-0.2, 0) is 4.79 Å². The van der Waals surface area contributed by atoms with E-state index in [1.54, 1.807) is 0 Å². The third-order valence-electron chi connectivity index (χ3n) is 2.86. The highest BCUT2D eigenvalue weighted by Gasteiger charge is 2.41. The van der Waals surface area contributed by atoms with Gasteiger partial charge in [-0.25, -0.2) is 0 Å². The second kappa shape index (κ2) is 5.51. The second-order valence-corrected chi connectivity index (χ2v) is 7.39. The molecule has 1 N–H and O–H groups in total. The normalized spacial score (nSPS) is 16.7. The average Bonchev–Trinajstić information content (AvgIpc) is 2.09. The van der Waals surface area contributed by atoms with Crippen LogP contribution in [0.3, 0.4) is 0 Å². The van der Waals surface area contributed by atoms with Crippen LogP contribution in [0.4, 0.5) is 0 Å². The summed E-state index contributed by atoms with van der Waals surface area (Å²) in [6.07, 6.45) is 3.12. The van der Waals surface area contributed by atoms with Gasteiger partial charge in [-0.15, -0.1) is 0 Å². The number of ketones is 1. The van der Waals surface area contributed by atoms with Crippen molar-refractivity contribution in [1.29, 1.82) is 0 Å². The lowest BCUT2D eigenvalue weighted by molar-refractivity contribution is -0.133. The fourth-order valence-electron chi connectivity index (χ4n) is 2.42. The van der Waals surface area contributed by atoms with E-state index in [1.165, 1.54) is 0 Å². The molecular weight excluding hydrogens is 210 g/mol. The van der Waals surface area contributed by atoms with Gasteiger partial charge in [0.2, 0.25) is 0 Å². The van der Waals surface area contributed by atoms with Crippen molar-refractivity contribution in [2.45, 2.75) is 85.7 Å². The van der Waals surface area contributed by atoms with Crippen molar-refractivity contribution in [3.8, 4) is 0 Å². The van der Waals surface area contributed by atoms with Gasteiger partial charge in [-0.2, -0.15) is 0 Å². The van der Waals surface area contributed by atoms with Crippen LogP contribution in [0.1, 0.15) is 74.7 Å². The fraction of sp³-hybridized carbons (Fsp3) is 0.933. The summed E-state index contributed by atoms with van der Waals surface area (Å²) in [5.41, 5.74) is -0.739. The number of hydrogen-bond acceptors (Lipinski definition) is 2. The van der Waals surface area contributed by atoms with Crippen molar-refractivity contribution in [2.75, 3.05) is 0 Å². The smallest absolute Gasteiger partial charge is 0.157 e. The molecule has 0 unspecified atom stereocenters. The zero-order valence-corrected chi connectivity index (χ0v) is 13.0. The van der Waals surface area contributed by atoms with Gasteiger partial charge in [0.25, 0.3) is 0 Å². The van der Waals surface area contributed by atoms with E-state index in [9.17, 15) is 4.79 Å². The molecule has 2 heteroatoms. The Morgan fingerprint density at radius 1 is 1.00 bits per heavy atom. The summed E-state index contributed by atoms with van der Waals surface area (Å²) in [6, 6.07) is 0. The highest BCUT2D eigenvalue weighted by molar-refractivity contribution is 5.92. The lowest BCUT2D eigenvalue weighted by Crippen LogP contribution is -2.59. The van der Waals surface area contributed by atoms with Gasteiger partial charge in [-0.3, -0.25) is 4.79 Å². The standard InChI is InChI=1S/C15H31NO/c1-9-10-11-15(8,16-14(5,6)7)12(17)13(2,3)4/h16H,9-11H2,1-8H3/t15-/m1/s1. The van der Waals surface area contributed by atoms with E-state index in [0.717, 1.165) is 19.3 Å². The molecule has 0 fully saturated rings. The third-order valence-corrected chi connectivity index (χ3v) is 2.86. The van der Waals surface area contributed by atoms with Crippen LogP contribution in [0.5, 0.6) is 0 Å². The van der Waals surface area contributed by atoms with Gasteiger partial charge in [0.1, 0.15) is 0 Å². The Bertz CT molecular complexity index is 257. The van der Waals surface area contributed by atoms with Crippen molar-refractivity contribution in [2.24, 2.45) is 5.41 Å². The molecule has 0 saturated carbocycles. The average molecular weight is 241 g/mol. The molecule has 0 heterocycles. The van der Waals surface area contributed by atoms with Crippen LogP contribution in [0.2, 0.25) is 0 Å². The minimum Gasteiger partial charge on any atom is -0.300 e. The molecule has 0 aromatic rings. The molecule has 0 amide bonds. The molecule has 0 aromatic carbocycles. The van der Waals surface area contributed by atoms with Gasteiger partial charge >= 0.3 is 0 Å². The maximum absolute atomic E-state index is 12.6. The van der Waals surface area contributed by atoms with Crippen LogP contribution in [0, 0.1) is 5.41 Å². The Morgan fingerprint density at radius 2 is 1.47 bits per heavy atom. The molecule has 0 bridgehead atoms. The molecule has 102 valence electrons. The lowest BCUT2D eigenvalue weighted by Gasteiger charge is -2.40. The number of carbonyl (C=O) groups excluding carboxylic acids is 1. The van der Waals surface area contributed by atoms with E-state index in [4.69, 9.17) is 0 Å². The van der Waals surface area contributed by atoms with Crippen molar-refractivity contribution in [3.63, 3.8) is 0 Å². The van der Waals surface area contributed by atoms with Crippen LogP contribution in [-0.4, -0.2) is 16.9 Å². The molecule has 0 rings (SSSR count). The number of nitrogens with one attached hydrogen (secondary N) is 1. The summed E-state index contributed by atoms with van der Waals surface area (Å²) in [5, 5.41) is 3.52. The summed E-state index contributed by atoms with van der Waals surface area (Å²) < 4.78 is 0. The molecule has 0 aromatic heterocycles. The SMILES string of the molecule is CCCC[C@@](C)(NC(C)(C)C)C(=O)C(C)(C)C. The van der Waals surface area contributed by atoms with E-state index in [-0.39, 0.29) is 11.0 Å². The minimum atomic E-state index is -0.410. The Morgan fingerprint density at radius 3 is 1.76 bits per heavy atom. The Balaban J connectivity index is 5.03. The van der Waals surface area contributed by atoms with Gasteiger partial charge in [0.15, 0.2) is 5.78 Å². The number of rotatable bonds is 5. The molecule has 0 radical (unpaired) electrons. The van der Waals surface area contributed by atoms with Crippen LogP contribution in [0.15, 0.2) is 0 Å². The van der Waals surface area contributed by atoms with E-state index in [0.29, 0.717) is 5.78 Å². The van der Waals surface area contributed by atoms with Crippen LogP contribution >= 0.6 is 0 Å². The molecule has 0 aliphatic rings. The third kappa shape index (κ3) is 5.67. The molecular formula is C15H31NO. The van der Waals surface area contributed by atoms with Gasteiger partial charge in [-0.1, -0.05) is 40.5 Å². The first-order valence-electron chi connectivity index (χ1n) is 6.76. The Hall–Kier alpha value is -0.370. The molecule has 0 spiro atoms. The highest BCUT2D eigenvalue weighted by atomic mass is 16.1. The zero-order valence-electron chi connectivity index (χ0n) is 13.0. The molecule has 0 aliphatic heterocycles. The number of Topliss-reactive ketones (excluding diaryl/α,β-unsaturated/α-hetero) is 1. The highest BCUT2D eigenvalue weighted by Crippen LogP contribution is 2.28. The first-order chi connectivity index (χ1) is 7.42. The molecule has 0 saturated heterocycles. The zero-order chi connectivity index (χ0) is 13.9. The van der Waals surface area contributed by atoms with Crippen molar-refractivity contribution < 1.29 is 4.79 Å². The van der Waals surface area contributed by atoms with E-state index in [1.807, 2.05) is 20.8 Å². The lowest BCUT2D eigenvalue weighted by atomic mass is 9.75. The second-order valence-electron chi connectivity index (χ2n) is 7.39. The topological polar surface area (TPSA) is 29.1 Å². The monoisotopic (exact) mass is 241 g/mol. The van der Waals surface area contributed by atoms with Gasteiger partial charge in [0, 0.05) is 11.0 Å². The number of hydrogen-bond donors (Lipinski definition) is 1. The van der Waals surface area contributed by atoms with Crippen molar-refractivity contribution in [1.82, 2.24) is 5.32 Å². The summed E-state index contributed by atoms with van der Waals surface area (Å²) in [7, 11) is 0. The molecule has 0 aliphatic carbocycles. The predicted octanol–water partition coefficient (Wildman–Crippen LogP) is 3.94. The van der Waals surface area contributed by atoms with E-state index < -0.39 is 5.54 Å². The maximum atomic E-state index is 12.6. The van der Waals surface area contributed by atoms with Crippen LogP contribution in [0.25, 0.3) is 0 Å². The van der Waals surface area contributed by atoms with Gasteiger partial charge in [0.05, 0.1) is 5.54 Å². The quantitative estimate of drug-likeness (QED) is 0.790. The summed E-state index contributed by atoms with van der Waals surface area (Å²) in [5.74, 6) is 0.313. The first-order valence-corrected chi connectivity index (χ1v) is 6.76. The van der Waals surface area contributed by atoms with E-state index >= 15 is 0 Å². The predicted molar refractivity (Wildman–Crippen MR) is 75.3 cm³/mol. The number of carbonyl (C=O) groups is 1. The molecule has 17 heavy (non-hydrogen) atoms. The van der Waals surface area contributed by atoms with E-state index in [2.05, 4.69) is 39.9 Å². The maximum Gasteiger partial charge on any atom is 0.157 e. The minimum absolute atomic E-state index is 0.0383. The Labute approximate surface area is 108 Å². The van der Waals surface area contributed by atoms with Crippen molar-refractivity contribution in [3.05, 3.63) is 0 Å². The van der Waals surface area contributed by atoms with Gasteiger partial charge < -0.3 is 5.32 Å². The number of unbranched alkanes of at least 4 members (excludes halogenated alkanes) is 1. The fourth-order valence-corrected chi connectivity index (χ4v) is 2.42. The van der Waals surface area contributed by atoms with Crippen LogP contribution < -0.4 is 5.32 Å². The summed E-state index contributed by atoms with van der Waals surface area (Å²) >= 11 is 0. The Kier molecular flexibility index (Phi) is 5.39. The first kappa shape index (κ1) is 16.6.